The third kappa shape index (κ3) is 6.23. The maximum atomic E-state index is 13.0. The molecule has 0 aromatic heterocycles. The Morgan fingerprint density at radius 2 is 1.75 bits per heavy atom. The van der Waals surface area contributed by atoms with Crippen molar-refractivity contribution in [1.29, 1.82) is 0 Å². The van der Waals surface area contributed by atoms with Crippen molar-refractivity contribution >= 4 is 23.4 Å². The lowest BCUT2D eigenvalue weighted by Gasteiger charge is -2.30. The average molecular weight is 407 g/mol. The molecule has 5 nitrogen and oxygen atoms in total. The number of carbonyl (C=O) groups is 2. The fourth-order valence-electron chi connectivity index (χ4n) is 2.76. The van der Waals surface area contributed by atoms with Crippen molar-refractivity contribution in [2.24, 2.45) is 0 Å². The van der Waals surface area contributed by atoms with Crippen LogP contribution in [0.5, 0.6) is 5.75 Å². The van der Waals surface area contributed by atoms with Crippen LogP contribution in [0.25, 0.3) is 0 Å². The zero-order valence-corrected chi connectivity index (χ0v) is 16.7. The van der Waals surface area contributed by atoms with E-state index in [4.69, 9.17) is 16.3 Å². The average Bonchev–Trinajstić information content (AvgIpc) is 2.69. The normalized spacial score (nSPS) is 11.6. The van der Waals surface area contributed by atoms with Crippen LogP contribution in [0, 0.1) is 5.82 Å². The maximum absolute atomic E-state index is 13.0. The molecule has 0 saturated heterocycles. The summed E-state index contributed by atoms with van der Waals surface area (Å²) >= 11 is 5.93. The number of benzene rings is 2. The molecule has 0 saturated carbocycles. The molecule has 150 valence electrons. The molecule has 2 aromatic carbocycles. The van der Waals surface area contributed by atoms with E-state index in [0.29, 0.717) is 23.7 Å². The van der Waals surface area contributed by atoms with Gasteiger partial charge >= 0.3 is 0 Å². The minimum atomic E-state index is -0.625. The molecule has 0 aliphatic rings. The number of rotatable bonds is 9. The summed E-state index contributed by atoms with van der Waals surface area (Å²) in [7, 11) is 0. The van der Waals surface area contributed by atoms with Crippen molar-refractivity contribution in [3.05, 3.63) is 64.9 Å². The summed E-state index contributed by atoms with van der Waals surface area (Å²) in [4.78, 5) is 26.9. The first kappa shape index (κ1) is 21.7. The van der Waals surface area contributed by atoms with E-state index in [0.717, 1.165) is 5.56 Å². The molecule has 0 unspecified atom stereocenters. The predicted molar refractivity (Wildman–Crippen MR) is 107 cm³/mol. The Kier molecular flexibility index (Phi) is 8.26. The van der Waals surface area contributed by atoms with Gasteiger partial charge in [-0.25, -0.2) is 4.39 Å². The van der Waals surface area contributed by atoms with Crippen LogP contribution in [-0.4, -0.2) is 35.9 Å². The molecular formula is C21H24ClFN2O3. The van der Waals surface area contributed by atoms with Crippen molar-refractivity contribution < 1.29 is 18.7 Å². The van der Waals surface area contributed by atoms with Gasteiger partial charge in [-0.15, -0.1) is 0 Å². The lowest BCUT2D eigenvalue weighted by molar-refractivity contribution is -0.142. The van der Waals surface area contributed by atoms with Gasteiger partial charge in [0, 0.05) is 18.1 Å². The lowest BCUT2D eigenvalue weighted by atomic mass is 10.1. The molecule has 0 spiro atoms. The van der Waals surface area contributed by atoms with Gasteiger partial charge < -0.3 is 15.0 Å². The molecule has 0 aliphatic carbocycles. The molecule has 2 aromatic rings. The van der Waals surface area contributed by atoms with Crippen LogP contribution in [0.2, 0.25) is 5.02 Å². The first-order valence-electron chi connectivity index (χ1n) is 9.14. The summed E-state index contributed by atoms with van der Waals surface area (Å²) in [6.07, 6.45) is 0.460. The Bertz CT molecular complexity index is 781. The van der Waals surface area contributed by atoms with Crippen molar-refractivity contribution in [1.82, 2.24) is 10.2 Å². The molecule has 0 bridgehead atoms. The summed E-state index contributed by atoms with van der Waals surface area (Å²) in [5.74, 6) is -0.552. The molecule has 7 heteroatoms. The van der Waals surface area contributed by atoms with Gasteiger partial charge in [0.2, 0.25) is 5.91 Å². The summed E-state index contributed by atoms with van der Waals surface area (Å²) in [5, 5.41) is 3.36. The number of ether oxygens (including phenoxy) is 1. The first-order valence-corrected chi connectivity index (χ1v) is 9.52. The monoisotopic (exact) mass is 406 g/mol. The highest BCUT2D eigenvalue weighted by Crippen LogP contribution is 2.16. The Hall–Kier alpha value is -2.60. The maximum Gasteiger partial charge on any atom is 0.261 e. The van der Waals surface area contributed by atoms with Crippen LogP contribution < -0.4 is 10.1 Å². The van der Waals surface area contributed by atoms with Crippen molar-refractivity contribution in [2.45, 2.75) is 32.9 Å². The smallest absolute Gasteiger partial charge is 0.261 e. The first-order chi connectivity index (χ1) is 13.4. The van der Waals surface area contributed by atoms with Gasteiger partial charge in [0.1, 0.15) is 17.6 Å². The zero-order chi connectivity index (χ0) is 20.5. The van der Waals surface area contributed by atoms with Gasteiger partial charge in [0.15, 0.2) is 6.61 Å². The van der Waals surface area contributed by atoms with E-state index in [1.54, 1.807) is 12.1 Å². The van der Waals surface area contributed by atoms with Crippen LogP contribution >= 0.6 is 11.6 Å². The molecule has 28 heavy (non-hydrogen) atoms. The van der Waals surface area contributed by atoms with Gasteiger partial charge in [-0.2, -0.15) is 0 Å². The largest absolute Gasteiger partial charge is 0.484 e. The number of hydrogen-bond donors (Lipinski definition) is 1. The van der Waals surface area contributed by atoms with Crippen molar-refractivity contribution in [2.75, 3.05) is 13.2 Å². The second-order valence-electron chi connectivity index (χ2n) is 6.21. The fraction of sp³-hybridized carbons (Fsp3) is 0.333. The van der Waals surface area contributed by atoms with E-state index >= 15 is 0 Å². The molecule has 1 N–H and O–H groups in total. The molecule has 0 radical (unpaired) electrons. The summed E-state index contributed by atoms with van der Waals surface area (Å²) in [5.41, 5.74) is 0.849. The summed E-state index contributed by atoms with van der Waals surface area (Å²) in [6, 6.07) is 11.9. The Labute approximate surface area is 169 Å². The highest BCUT2D eigenvalue weighted by atomic mass is 35.5. The van der Waals surface area contributed by atoms with Crippen LogP contribution in [0.4, 0.5) is 4.39 Å². The highest BCUT2D eigenvalue weighted by molar-refractivity contribution is 6.30. The molecular weight excluding hydrogens is 383 g/mol. The summed E-state index contributed by atoms with van der Waals surface area (Å²) in [6.45, 7) is 4.15. The van der Waals surface area contributed by atoms with Crippen molar-refractivity contribution in [3.8, 4) is 5.75 Å². The highest BCUT2D eigenvalue weighted by Gasteiger charge is 2.28. The van der Waals surface area contributed by atoms with E-state index < -0.39 is 6.04 Å². The Morgan fingerprint density at radius 1 is 1.11 bits per heavy atom. The van der Waals surface area contributed by atoms with Crippen LogP contribution in [0.3, 0.4) is 0 Å². The van der Waals surface area contributed by atoms with Gasteiger partial charge in [0.25, 0.3) is 5.91 Å². The quantitative estimate of drug-likeness (QED) is 0.689. The van der Waals surface area contributed by atoms with E-state index in [9.17, 15) is 14.0 Å². The summed E-state index contributed by atoms with van der Waals surface area (Å²) < 4.78 is 18.5. The molecule has 2 rings (SSSR count). The van der Waals surface area contributed by atoms with E-state index in [-0.39, 0.29) is 30.8 Å². The SMILES string of the molecule is CCNC(=O)[C@@H](CC)N(Cc1ccc(Cl)cc1)C(=O)COc1ccc(F)cc1. The second kappa shape index (κ2) is 10.7. The van der Waals surface area contributed by atoms with E-state index in [1.165, 1.54) is 29.2 Å². The number of nitrogens with zero attached hydrogens (tertiary/aromatic N) is 1. The lowest BCUT2D eigenvalue weighted by Crippen LogP contribution is -2.50. The third-order valence-electron chi connectivity index (χ3n) is 4.18. The number of carbonyl (C=O) groups excluding carboxylic acids is 2. The standard InChI is InChI=1S/C21H24ClFN2O3/c1-3-19(21(27)24-4-2)25(13-15-5-7-16(22)8-6-15)20(26)14-28-18-11-9-17(23)10-12-18/h5-12,19H,3-4,13-14H2,1-2H3,(H,24,27)/t19-/m1/s1. The number of hydrogen-bond acceptors (Lipinski definition) is 3. The van der Waals surface area contributed by atoms with Gasteiger partial charge in [-0.05, 0) is 55.3 Å². The van der Waals surface area contributed by atoms with E-state index in [2.05, 4.69) is 5.32 Å². The van der Waals surface area contributed by atoms with Crippen LogP contribution in [0.15, 0.2) is 48.5 Å². The van der Waals surface area contributed by atoms with Crippen molar-refractivity contribution in [3.63, 3.8) is 0 Å². The molecule has 1 atom stereocenters. The third-order valence-corrected chi connectivity index (χ3v) is 4.43. The Balaban J connectivity index is 2.16. The predicted octanol–water partition coefficient (Wildman–Crippen LogP) is 3.80. The topological polar surface area (TPSA) is 58.6 Å². The number of halogens is 2. The van der Waals surface area contributed by atoms with Gasteiger partial charge in [-0.3, -0.25) is 9.59 Å². The number of likely N-dealkylation sites (N-methyl/N-ethyl adjacent to an activating group) is 1. The number of amides is 2. The number of nitrogens with one attached hydrogen (secondary N) is 1. The van der Waals surface area contributed by atoms with Gasteiger partial charge in [-0.1, -0.05) is 30.7 Å². The zero-order valence-electron chi connectivity index (χ0n) is 16.0. The minimum absolute atomic E-state index is 0.214. The molecule has 0 fully saturated rings. The molecule has 2 amide bonds. The van der Waals surface area contributed by atoms with Gasteiger partial charge in [0.05, 0.1) is 0 Å². The molecule has 0 aliphatic heterocycles. The van der Waals surface area contributed by atoms with E-state index in [1.807, 2.05) is 26.0 Å². The fourth-order valence-corrected chi connectivity index (χ4v) is 2.88. The van der Waals surface area contributed by atoms with Crippen LogP contribution in [-0.2, 0) is 16.1 Å². The molecule has 0 heterocycles. The Morgan fingerprint density at radius 3 is 2.32 bits per heavy atom. The second-order valence-corrected chi connectivity index (χ2v) is 6.65. The minimum Gasteiger partial charge on any atom is -0.484 e. The van der Waals surface area contributed by atoms with Crippen LogP contribution in [0.1, 0.15) is 25.8 Å².